The summed E-state index contributed by atoms with van der Waals surface area (Å²) < 4.78 is 0. The summed E-state index contributed by atoms with van der Waals surface area (Å²) in [5.41, 5.74) is 9.40. The van der Waals surface area contributed by atoms with E-state index in [2.05, 4.69) is 21.8 Å². The zero-order valence-electron chi connectivity index (χ0n) is 12.4. The van der Waals surface area contributed by atoms with Gasteiger partial charge in [-0.25, -0.2) is 9.97 Å². The number of hydrogen-bond donors (Lipinski definition) is 1. The van der Waals surface area contributed by atoms with Gasteiger partial charge in [0, 0.05) is 36.7 Å². The number of hydrogen-bond acceptors (Lipinski definition) is 5. The van der Waals surface area contributed by atoms with Crippen molar-refractivity contribution in [1.29, 1.82) is 0 Å². The molecule has 2 aromatic heterocycles. The first-order valence-electron chi connectivity index (χ1n) is 7.60. The summed E-state index contributed by atoms with van der Waals surface area (Å²) in [6.07, 6.45) is 8.08. The molecule has 21 heavy (non-hydrogen) atoms. The van der Waals surface area contributed by atoms with Crippen LogP contribution in [0.15, 0.2) is 24.5 Å². The quantitative estimate of drug-likeness (QED) is 0.938. The normalized spacial score (nSPS) is 15.2. The molecule has 0 spiro atoms. The van der Waals surface area contributed by atoms with Gasteiger partial charge in [0.2, 0.25) is 5.95 Å². The van der Waals surface area contributed by atoms with Crippen molar-refractivity contribution >= 4 is 11.6 Å². The molecule has 0 aliphatic carbocycles. The Labute approximate surface area is 125 Å². The fourth-order valence-corrected chi connectivity index (χ4v) is 2.65. The molecule has 3 rings (SSSR count). The number of nitrogens with zero attached hydrogens (tertiary/aromatic N) is 4. The highest BCUT2D eigenvalue weighted by atomic mass is 15.3. The van der Waals surface area contributed by atoms with Crippen molar-refractivity contribution in [2.75, 3.05) is 23.7 Å². The summed E-state index contributed by atoms with van der Waals surface area (Å²) in [6.45, 7) is 4.20. The van der Waals surface area contributed by atoms with Crippen molar-refractivity contribution in [2.24, 2.45) is 0 Å². The van der Waals surface area contributed by atoms with Crippen molar-refractivity contribution in [3.8, 4) is 11.3 Å². The fourth-order valence-electron chi connectivity index (χ4n) is 2.65. The molecule has 0 amide bonds. The van der Waals surface area contributed by atoms with E-state index in [1.54, 1.807) is 12.4 Å². The van der Waals surface area contributed by atoms with Crippen LogP contribution in [0.25, 0.3) is 11.3 Å². The summed E-state index contributed by atoms with van der Waals surface area (Å²) in [5.74, 6) is 0.839. The SMILES string of the molecule is CCc1cc(-c2cncc(N)c2)nc(N2CCCCC2)n1. The van der Waals surface area contributed by atoms with Crippen LogP contribution >= 0.6 is 0 Å². The molecule has 110 valence electrons. The molecule has 1 aliphatic rings. The Bertz CT molecular complexity index is 620. The zero-order valence-corrected chi connectivity index (χ0v) is 12.4. The number of nitrogen functional groups attached to an aromatic ring is 1. The summed E-state index contributed by atoms with van der Waals surface area (Å²) >= 11 is 0. The first kappa shape index (κ1) is 13.8. The molecule has 1 saturated heterocycles. The van der Waals surface area contributed by atoms with Gasteiger partial charge in [0.25, 0.3) is 0 Å². The van der Waals surface area contributed by atoms with E-state index in [4.69, 9.17) is 10.7 Å². The van der Waals surface area contributed by atoms with Gasteiger partial charge in [-0.2, -0.15) is 0 Å². The number of pyridine rings is 1. The highest BCUT2D eigenvalue weighted by Crippen LogP contribution is 2.23. The molecule has 2 aromatic rings. The Morgan fingerprint density at radius 2 is 1.90 bits per heavy atom. The third kappa shape index (κ3) is 3.12. The van der Waals surface area contributed by atoms with Crippen LogP contribution in [0.5, 0.6) is 0 Å². The lowest BCUT2D eigenvalue weighted by atomic mass is 10.1. The number of anilines is 2. The molecule has 0 bridgehead atoms. The minimum atomic E-state index is 0.656. The monoisotopic (exact) mass is 283 g/mol. The van der Waals surface area contributed by atoms with Crippen molar-refractivity contribution in [3.63, 3.8) is 0 Å². The van der Waals surface area contributed by atoms with Crippen LogP contribution in [0.1, 0.15) is 31.9 Å². The highest BCUT2D eigenvalue weighted by Gasteiger charge is 2.15. The molecule has 0 aromatic carbocycles. The van der Waals surface area contributed by atoms with Crippen molar-refractivity contribution in [2.45, 2.75) is 32.6 Å². The maximum Gasteiger partial charge on any atom is 0.226 e. The van der Waals surface area contributed by atoms with Gasteiger partial charge >= 0.3 is 0 Å². The maximum absolute atomic E-state index is 5.83. The van der Waals surface area contributed by atoms with E-state index in [1.165, 1.54) is 19.3 Å². The van der Waals surface area contributed by atoms with Crippen molar-refractivity contribution in [3.05, 3.63) is 30.2 Å². The number of aromatic nitrogens is 3. The Hall–Kier alpha value is -2.17. The summed E-state index contributed by atoms with van der Waals surface area (Å²) in [7, 11) is 0. The average Bonchev–Trinajstić information content (AvgIpc) is 2.55. The van der Waals surface area contributed by atoms with Gasteiger partial charge in [-0.3, -0.25) is 4.98 Å². The molecule has 1 fully saturated rings. The van der Waals surface area contributed by atoms with Gasteiger partial charge in [0.05, 0.1) is 11.4 Å². The third-order valence-corrected chi connectivity index (χ3v) is 3.82. The Balaban J connectivity index is 2.00. The van der Waals surface area contributed by atoms with Gasteiger partial charge in [-0.05, 0) is 37.8 Å². The lowest BCUT2D eigenvalue weighted by Crippen LogP contribution is -2.31. The fraction of sp³-hybridized carbons (Fsp3) is 0.438. The van der Waals surface area contributed by atoms with Gasteiger partial charge in [-0.1, -0.05) is 6.92 Å². The zero-order chi connectivity index (χ0) is 14.7. The van der Waals surface area contributed by atoms with Gasteiger partial charge in [0.1, 0.15) is 0 Å². The van der Waals surface area contributed by atoms with Crippen molar-refractivity contribution < 1.29 is 0 Å². The standard InChI is InChI=1S/C16H21N5/c1-2-14-9-15(12-8-13(17)11-18-10-12)20-16(19-14)21-6-4-3-5-7-21/h8-11H,2-7,17H2,1H3. The molecule has 2 N–H and O–H groups in total. The topological polar surface area (TPSA) is 67.9 Å². The third-order valence-electron chi connectivity index (χ3n) is 3.82. The number of rotatable bonds is 3. The van der Waals surface area contributed by atoms with E-state index >= 15 is 0 Å². The second kappa shape index (κ2) is 6.08. The smallest absolute Gasteiger partial charge is 0.226 e. The van der Waals surface area contributed by atoms with Crippen LogP contribution in [-0.4, -0.2) is 28.0 Å². The molecule has 0 atom stereocenters. The Morgan fingerprint density at radius 1 is 1.10 bits per heavy atom. The number of piperidine rings is 1. The average molecular weight is 283 g/mol. The van der Waals surface area contributed by atoms with Crippen LogP contribution in [-0.2, 0) is 6.42 Å². The minimum absolute atomic E-state index is 0.656. The van der Waals surface area contributed by atoms with E-state index in [1.807, 2.05) is 12.1 Å². The van der Waals surface area contributed by atoms with Crippen LogP contribution in [0, 0.1) is 0 Å². The first-order chi connectivity index (χ1) is 10.3. The molecular formula is C16H21N5. The predicted octanol–water partition coefficient (Wildman–Crippen LogP) is 2.67. The van der Waals surface area contributed by atoms with E-state index in [-0.39, 0.29) is 0 Å². The second-order valence-corrected chi connectivity index (χ2v) is 5.45. The molecule has 3 heterocycles. The second-order valence-electron chi connectivity index (χ2n) is 5.45. The summed E-state index contributed by atoms with van der Waals surface area (Å²) in [4.78, 5) is 15.9. The summed E-state index contributed by atoms with van der Waals surface area (Å²) in [5, 5.41) is 0. The van der Waals surface area contributed by atoms with E-state index in [9.17, 15) is 0 Å². The Kier molecular flexibility index (Phi) is 3.99. The van der Waals surface area contributed by atoms with Crippen LogP contribution in [0.4, 0.5) is 11.6 Å². The lowest BCUT2D eigenvalue weighted by Gasteiger charge is -2.27. The van der Waals surface area contributed by atoms with Crippen LogP contribution < -0.4 is 10.6 Å². The molecular weight excluding hydrogens is 262 g/mol. The molecule has 1 aliphatic heterocycles. The van der Waals surface area contributed by atoms with Crippen molar-refractivity contribution in [1.82, 2.24) is 15.0 Å². The molecule has 5 heteroatoms. The highest BCUT2D eigenvalue weighted by molar-refractivity contribution is 5.63. The number of nitrogens with two attached hydrogens (primary N) is 1. The van der Waals surface area contributed by atoms with E-state index in [0.717, 1.165) is 42.4 Å². The van der Waals surface area contributed by atoms with Gasteiger partial charge in [0.15, 0.2) is 0 Å². The predicted molar refractivity (Wildman–Crippen MR) is 85.1 cm³/mol. The van der Waals surface area contributed by atoms with Crippen LogP contribution in [0.3, 0.4) is 0 Å². The molecule has 0 saturated carbocycles. The molecule has 5 nitrogen and oxygen atoms in total. The van der Waals surface area contributed by atoms with Gasteiger partial charge < -0.3 is 10.6 Å². The summed E-state index contributed by atoms with van der Waals surface area (Å²) in [6, 6.07) is 3.94. The number of aryl methyl sites for hydroxylation is 1. The maximum atomic E-state index is 5.83. The Morgan fingerprint density at radius 3 is 2.62 bits per heavy atom. The lowest BCUT2D eigenvalue weighted by molar-refractivity contribution is 0.567. The first-order valence-corrected chi connectivity index (χ1v) is 7.60. The molecule has 0 radical (unpaired) electrons. The van der Waals surface area contributed by atoms with Crippen LogP contribution in [0.2, 0.25) is 0 Å². The van der Waals surface area contributed by atoms with Gasteiger partial charge in [-0.15, -0.1) is 0 Å². The minimum Gasteiger partial charge on any atom is -0.397 e. The van der Waals surface area contributed by atoms with E-state index < -0.39 is 0 Å². The molecule has 0 unspecified atom stereocenters. The van der Waals surface area contributed by atoms with E-state index in [0.29, 0.717) is 5.69 Å². The largest absolute Gasteiger partial charge is 0.397 e.